The molecule has 42 heavy (non-hydrogen) atoms. The Balaban J connectivity index is 1.41. The van der Waals surface area contributed by atoms with Gasteiger partial charge in [0.05, 0.1) is 11.5 Å². The third kappa shape index (κ3) is 6.32. The highest BCUT2D eigenvalue weighted by Crippen LogP contribution is 2.37. The van der Waals surface area contributed by atoms with Gasteiger partial charge in [0, 0.05) is 44.5 Å². The van der Waals surface area contributed by atoms with Crippen LogP contribution in [0.2, 0.25) is 0 Å². The van der Waals surface area contributed by atoms with Crippen LogP contribution in [-0.2, 0) is 10.2 Å². The highest BCUT2D eigenvalue weighted by Gasteiger charge is 2.45. The molecule has 0 aliphatic carbocycles. The predicted molar refractivity (Wildman–Crippen MR) is 163 cm³/mol. The number of nitrogens with one attached hydrogen (secondary N) is 1. The first-order chi connectivity index (χ1) is 20.0. The van der Waals surface area contributed by atoms with Crippen molar-refractivity contribution in [2.45, 2.75) is 77.7 Å². The van der Waals surface area contributed by atoms with Gasteiger partial charge in [0.1, 0.15) is 5.82 Å². The fourth-order valence-corrected chi connectivity index (χ4v) is 7.01. The number of hydrogen-bond acceptors (Lipinski definition) is 3. The number of aryl methyl sites for hydroxylation is 1. The van der Waals surface area contributed by atoms with Gasteiger partial charge >= 0.3 is 6.03 Å². The fraction of sp³-hybridized carbons (Fsp3) is 0.559. The highest BCUT2D eigenvalue weighted by atomic mass is 19.1. The summed E-state index contributed by atoms with van der Waals surface area (Å²) >= 11 is 0. The molecule has 3 saturated heterocycles. The monoisotopic (exact) mass is 576 g/mol. The molecule has 0 spiro atoms. The minimum atomic E-state index is -0.532. The molecule has 3 heterocycles. The van der Waals surface area contributed by atoms with Gasteiger partial charge in [-0.3, -0.25) is 9.59 Å². The number of piperidine rings is 2. The largest absolute Gasteiger partial charge is 0.334 e. The number of rotatable bonds is 4. The number of anilines is 1. The minimum absolute atomic E-state index is 0.0283. The van der Waals surface area contributed by atoms with E-state index in [1.165, 1.54) is 6.07 Å². The van der Waals surface area contributed by atoms with E-state index in [1.54, 1.807) is 24.0 Å². The fourth-order valence-electron chi connectivity index (χ4n) is 7.01. The Morgan fingerprint density at radius 2 is 1.52 bits per heavy atom. The Morgan fingerprint density at radius 3 is 2.19 bits per heavy atom. The van der Waals surface area contributed by atoms with E-state index in [4.69, 9.17) is 0 Å². The molecule has 7 nitrogen and oxygen atoms in total. The molecule has 3 aliphatic heterocycles. The van der Waals surface area contributed by atoms with Crippen molar-refractivity contribution in [1.82, 2.24) is 14.7 Å². The Hall–Kier alpha value is -3.42. The lowest BCUT2D eigenvalue weighted by atomic mass is 9.76. The number of likely N-dealkylation sites (tertiary alicyclic amines) is 3. The molecule has 0 bridgehead atoms. The number of hydrogen-bond donors (Lipinski definition) is 1. The van der Waals surface area contributed by atoms with Crippen molar-refractivity contribution in [3.05, 3.63) is 65.0 Å². The van der Waals surface area contributed by atoms with Crippen LogP contribution in [-0.4, -0.2) is 71.3 Å². The molecule has 5 rings (SSSR count). The molecule has 2 aromatic carbocycles. The average Bonchev–Trinajstić information content (AvgIpc) is 3.51. The average molecular weight is 577 g/mol. The second kappa shape index (κ2) is 12.4. The van der Waals surface area contributed by atoms with Gasteiger partial charge < -0.3 is 20.0 Å². The van der Waals surface area contributed by atoms with Crippen molar-refractivity contribution >= 4 is 23.5 Å². The Morgan fingerprint density at radius 1 is 0.857 bits per heavy atom. The Kier molecular flexibility index (Phi) is 8.90. The number of carbonyl (C=O) groups is 3. The van der Waals surface area contributed by atoms with Gasteiger partial charge in [-0.2, -0.15) is 0 Å². The summed E-state index contributed by atoms with van der Waals surface area (Å²) in [6.07, 6.45) is 4.82. The van der Waals surface area contributed by atoms with Crippen LogP contribution in [0.1, 0.15) is 80.8 Å². The smallest absolute Gasteiger partial charge is 0.319 e. The van der Waals surface area contributed by atoms with Crippen molar-refractivity contribution in [2.75, 3.05) is 38.0 Å². The van der Waals surface area contributed by atoms with Crippen molar-refractivity contribution in [3.63, 3.8) is 0 Å². The molecule has 0 saturated carbocycles. The molecule has 2 atom stereocenters. The summed E-state index contributed by atoms with van der Waals surface area (Å²) in [5.74, 6) is -1.39. The topological polar surface area (TPSA) is 73.0 Å². The Labute approximate surface area is 249 Å². The van der Waals surface area contributed by atoms with Gasteiger partial charge in [-0.25, -0.2) is 9.18 Å². The summed E-state index contributed by atoms with van der Waals surface area (Å²) in [5.41, 5.74) is 2.49. The van der Waals surface area contributed by atoms with Gasteiger partial charge in [0.2, 0.25) is 5.91 Å². The number of benzene rings is 2. The van der Waals surface area contributed by atoms with E-state index >= 15 is 4.39 Å². The molecule has 2 unspecified atom stereocenters. The zero-order valence-electron chi connectivity index (χ0n) is 25.5. The van der Waals surface area contributed by atoms with Crippen LogP contribution >= 0.6 is 0 Å². The molecule has 0 aromatic heterocycles. The molecule has 4 amide bonds. The van der Waals surface area contributed by atoms with E-state index in [9.17, 15) is 14.4 Å². The van der Waals surface area contributed by atoms with E-state index in [1.807, 2.05) is 28.0 Å². The molecule has 0 radical (unpaired) electrons. The highest BCUT2D eigenvalue weighted by molar-refractivity contribution is 5.98. The molecular weight excluding hydrogens is 531 g/mol. The maximum atomic E-state index is 15.0. The van der Waals surface area contributed by atoms with Crippen LogP contribution in [0.25, 0.3) is 0 Å². The maximum absolute atomic E-state index is 15.0. The van der Waals surface area contributed by atoms with Crippen LogP contribution in [0, 0.1) is 24.6 Å². The van der Waals surface area contributed by atoms with Crippen molar-refractivity contribution in [1.29, 1.82) is 0 Å². The van der Waals surface area contributed by atoms with Gasteiger partial charge in [0.25, 0.3) is 5.91 Å². The molecule has 8 heteroatoms. The second-order valence-corrected chi connectivity index (χ2v) is 13.3. The Bertz CT molecular complexity index is 1290. The van der Waals surface area contributed by atoms with Crippen LogP contribution in [0.15, 0.2) is 42.5 Å². The molecular formula is C34H45FN4O3. The first-order valence-electron chi connectivity index (χ1n) is 15.6. The molecule has 226 valence electrons. The maximum Gasteiger partial charge on any atom is 0.319 e. The van der Waals surface area contributed by atoms with Gasteiger partial charge in [-0.15, -0.1) is 0 Å². The molecule has 3 fully saturated rings. The summed E-state index contributed by atoms with van der Waals surface area (Å²) < 4.78 is 15.0. The number of halogens is 1. The van der Waals surface area contributed by atoms with E-state index in [0.717, 1.165) is 37.2 Å². The first-order valence-corrected chi connectivity index (χ1v) is 15.6. The number of amides is 4. The summed E-state index contributed by atoms with van der Waals surface area (Å²) in [7, 11) is 0. The third-order valence-electron chi connectivity index (χ3n) is 9.39. The molecule has 1 N–H and O–H groups in total. The van der Waals surface area contributed by atoms with Crippen LogP contribution in [0.5, 0.6) is 0 Å². The lowest BCUT2D eigenvalue weighted by molar-refractivity contribution is -0.124. The molecule has 3 aliphatic rings. The standard InChI is InChI=1S/C34H45FN4O3/c1-23-10-7-14-28(35)29(23)32(41)39-19-9-13-27(31(40)36-26-12-8-11-25(22-26)34(2,3)4)30(39)24-15-20-38(21-16-24)33(42)37-17-5-6-18-37/h7-8,10-12,14,22,24,27,30H,5-6,9,13,15-21H2,1-4H3,(H,36,40). The van der Waals surface area contributed by atoms with Crippen LogP contribution in [0.3, 0.4) is 0 Å². The van der Waals surface area contributed by atoms with Crippen LogP contribution in [0.4, 0.5) is 14.9 Å². The summed E-state index contributed by atoms with van der Waals surface area (Å²) in [6, 6.07) is 12.4. The SMILES string of the molecule is Cc1cccc(F)c1C(=O)N1CCCC(C(=O)Nc2cccc(C(C)(C)C)c2)C1C1CCN(C(=O)N2CCCC2)CC1. The second-order valence-electron chi connectivity index (χ2n) is 13.3. The van der Waals surface area contributed by atoms with E-state index in [2.05, 4.69) is 32.2 Å². The van der Waals surface area contributed by atoms with Gasteiger partial charge in [-0.1, -0.05) is 45.0 Å². The normalized spacial score (nSPS) is 21.9. The predicted octanol–water partition coefficient (Wildman–Crippen LogP) is 6.22. The lowest BCUT2D eigenvalue weighted by Gasteiger charge is -2.47. The van der Waals surface area contributed by atoms with Crippen LogP contribution < -0.4 is 5.32 Å². The number of carbonyl (C=O) groups excluding carboxylic acids is 3. The van der Waals surface area contributed by atoms with Crippen molar-refractivity contribution in [2.24, 2.45) is 11.8 Å². The first kappa shape index (κ1) is 30.1. The van der Waals surface area contributed by atoms with E-state index in [0.29, 0.717) is 50.9 Å². The quantitative estimate of drug-likeness (QED) is 0.470. The van der Waals surface area contributed by atoms with Crippen molar-refractivity contribution in [3.8, 4) is 0 Å². The van der Waals surface area contributed by atoms with Gasteiger partial charge in [-0.05, 0) is 86.1 Å². The zero-order chi connectivity index (χ0) is 30.0. The van der Waals surface area contributed by atoms with Gasteiger partial charge in [0.15, 0.2) is 0 Å². The number of nitrogens with zero attached hydrogens (tertiary/aromatic N) is 3. The number of urea groups is 1. The third-order valence-corrected chi connectivity index (χ3v) is 9.39. The zero-order valence-corrected chi connectivity index (χ0v) is 25.5. The lowest BCUT2D eigenvalue weighted by Crippen LogP contribution is -2.57. The summed E-state index contributed by atoms with van der Waals surface area (Å²) in [5, 5.41) is 3.16. The summed E-state index contributed by atoms with van der Waals surface area (Å²) in [4.78, 5) is 46.7. The minimum Gasteiger partial charge on any atom is -0.334 e. The van der Waals surface area contributed by atoms with Crippen molar-refractivity contribution < 1.29 is 18.8 Å². The van der Waals surface area contributed by atoms with E-state index in [-0.39, 0.29) is 40.8 Å². The summed E-state index contributed by atoms with van der Waals surface area (Å²) in [6.45, 7) is 11.5. The molecule has 2 aromatic rings. The van der Waals surface area contributed by atoms with E-state index < -0.39 is 11.7 Å².